The Kier molecular flexibility index (Phi) is 5.40. The molecule has 1 N–H and O–H groups in total. The molecule has 1 saturated heterocycles. The fourth-order valence-electron chi connectivity index (χ4n) is 4.52. The van der Waals surface area contributed by atoms with E-state index in [4.69, 9.17) is 4.98 Å². The van der Waals surface area contributed by atoms with Crippen molar-refractivity contribution in [1.82, 2.24) is 14.9 Å². The highest BCUT2D eigenvalue weighted by Crippen LogP contribution is 2.34. The van der Waals surface area contributed by atoms with Crippen molar-refractivity contribution in [3.8, 4) is 0 Å². The number of thiazole rings is 1. The van der Waals surface area contributed by atoms with Crippen LogP contribution in [0.3, 0.4) is 0 Å². The van der Waals surface area contributed by atoms with Crippen LogP contribution in [0.4, 0.5) is 0 Å². The smallest absolute Gasteiger partial charge is 0.196 e. The van der Waals surface area contributed by atoms with E-state index >= 15 is 0 Å². The van der Waals surface area contributed by atoms with Gasteiger partial charge in [-0.3, -0.25) is 14.5 Å². The van der Waals surface area contributed by atoms with Crippen LogP contribution in [0.15, 0.2) is 24.3 Å². The van der Waals surface area contributed by atoms with Gasteiger partial charge in [0.05, 0.1) is 27.0 Å². The molecule has 0 bridgehead atoms. The van der Waals surface area contributed by atoms with Gasteiger partial charge in [-0.05, 0) is 64.8 Å². The van der Waals surface area contributed by atoms with E-state index in [2.05, 4.69) is 22.0 Å². The van der Waals surface area contributed by atoms with Crippen LogP contribution >= 0.6 is 11.3 Å². The van der Waals surface area contributed by atoms with E-state index < -0.39 is 0 Å². The standard InChI is InChI=1S/C23H27N3O2S/c1-13-20(16(4)27)14(2)24-21(13)22(28)15(3)26-11-7-8-17(12-26)23-25-18-9-5-6-10-19(18)29-23/h5-6,9-10,15,17,24H,7-8,11-12H2,1-4H3/t15-,17-/m0/s1. The zero-order valence-electron chi connectivity index (χ0n) is 17.4. The Hall–Kier alpha value is -2.31. The maximum absolute atomic E-state index is 13.2. The summed E-state index contributed by atoms with van der Waals surface area (Å²) >= 11 is 1.77. The first-order chi connectivity index (χ1) is 13.9. The molecule has 0 spiro atoms. The first-order valence-corrected chi connectivity index (χ1v) is 11.0. The van der Waals surface area contributed by atoms with Gasteiger partial charge in [-0.25, -0.2) is 4.98 Å². The predicted molar refractivity (Wildman–Crippen MR) is 117 cm³/mol. The number of fused-ring (bicyclic) bond motifs is 1. The quantitative estimate of drug-likeness (QED) is 0.609. The zero-order valence-corrected chi connectivity index (χ0v) is 18.2. The molecule has 0 amide bonds. The number of hydrogen-bond donors (Lipinski definition) is 1. The summed E-state index contributed by atoms with van der Waals surface area (Å²) in [6.07, 6.45) is 2.16. The Morgan fingerprint density at radius 3 is 2.72 bits per heavy atom. The third-order valence-corrected chi connectivity index (χ3v) is 7.27. The highest BCUT2D eigenvalue weighted by molar-refractivity contribution is 7.18. The number of ketones is 2. The van der Waals surface area contributed by atoms with Gasteiger partial charge in [0.15, 0.2) is 11.6 Å². The molecule has 3 heterocycles. The molecule has 1 aliphatic heterocycles. The minimum Gasteiger partial charge on any atom is -0.355 e. The van der Waals surface area contributed by atoms with Gasteiger partial charge in [-0.15, -0.1) is 11.3 Å². The van der Waals surface area contributed by atoms with Gasteiger partial charge in [0.25, 0.3) is 0 Å². The molecule has 1 aliphatic rings. The third-order valence-electron chi connectivity index (χ3n) is 6.08. The molecule has 0 radical (unpaired) electrons. The van der Waals surface area contributed by atoms with Crippen molar-refractivity contribution in [3.05, 3.63) is 51.8 Å². The lowest BCUT2D eigenvalue weighted by molar-refractivity contribution is 0.0786. The van der Waals surface area contributed by atoms with Crippen molar-refractivity contribution in [3.63, 3.8) is 0 Å². The van der Waals surface area contributed by atoms with Crippen LogP contribution in [0.25, 0.3) is 10.2 Å². The van der Waals surface area contributed by atoms with Crippen LogP contribution in [0, 0.1) is 13.8 Å². The van der Waals surface area contributed by atoms with Gasteiger partial charge >= 0.3 is 0 Å². The number of para-hydroxylation sites is 1. The normalized spacial score (nSPS) is 18.8. The molecule has 0 unspecified atom stereocenters. The number of benzene rings is 1. The summed E-state index contributed by atoms with van der Waals surface area (Å²) in [6, 6.07) is 8.02. The summed E-state index contributed by atoms with van der Waals surface area (Å²) in [5, 5.41) is 1.17. The van der Waals surface area contributed by atoms with Crippen LogP contribution in [-0.2, 0) is 0 Å². The number of carbonyl (C=O) groups excluding carboxylic acids is 2. The van der Waals surface area contributed by atoms with Crippen molar-refractivity contribution < 1.29 is 9.59 Å². The number of likely N-dealkylation sites (tertiary alicyclic amines) is 1. The van der Waals surface area contributed by atoms with Crippen molar-refractivity contribution in [2.75, 3.05) is 13.1 Å². The highest BCUT2D eigenvalue weighted by atomic mass is 32.1. The molecule has 5 nitrogen and oxygen atoms in total. The minimum absolute atomic E-state index is 0.00294. The number of piperidine rings is 1. The number of hydrogen-bond acceptors (Lipinski definition) is 5. The fraction of sp³-hybridized carbons (Fsp3) is 0.435. The number of aromatic amines is 1. The molecule has 3 aromatic rings. The number of Topliss-reactive ketones (excluding diaryl/α,β-unsaturated/α-hetero) is 2. The number of rotatable bonds is 5. The van der Waals surface area contributed by atoms with E-state index in [1.807, 2.05) is 32.9 Å². The SMILES string of the molecule is CC(=O)c1c(C)[nH]c(C(=O)[C@H](C)N2CCC[C@H](c3nc4ccccc4s3)C2)c1C. The Balaban J connectivity index is 1.54. The van der Waals surface area contributed by atoms with Crippen LogP contribution in [-0.4, -0.2) is 45.6 Å². The maximum atomic E-state index is 13.2. The molecule has 29 heavy (non-hydrogen) atoms. The average molecular weight is 410 g/mol. The first-order valence-electron chi connectivity index (χ1n) is 10.2. The average Bonchev–Trinajstić information content (AvgIpc) is 3.27. The topological polar surface area (TPSA) is 66.1 Å². The van der Waals surface area contributed by atoms with Gasteiger partial charge in [0.2, 0.25) is 0 Å². The molecule has 0 saturated carbocycles. The fourth-order valence-corrected chi connectivity index (χ4v) is 5.62. The third kappa shape index (κ3) is 3.67. The summed E-state index contributed by atoms with van der Waals surface area (Å²) in [5.41, 5.74) is 3.82. The summed E-state index contributed by atoms with van der Waals surface area (Å²) in [4.78, 5) is 35.4. The monoisotopic (exact) mass is 409 g/mol. The van der Waals surface area contributed by atoms with Crippen molar-refractivity contribution in [2.45, 2.75) is 52.5 Å². The molecule has 152 valence electrons. The lowest BCUT2D eigenvalue weighted by Crippen LogP contribution is -2.44. The lowest BCUT2D eigenvalue weighted by atomic mass is 9.95. The lowest BCUT2D eigenvalue weighted by Gasteiger charge is -2.35. The van der Waals surface area contributed by atoms with E-state index in [-0.39, 0.29) is 17.6 Å². The number of nitrogens with zero attached hydrogens (tertiary/aromatic N) is 2. The Morgan fingerprint density at radius 2 is 2.03 bits per heavy atom. The van der Waals surface area contributed by atoms with E-state index in [0.717, 1.165) is 42.7 Å². The summed E-state index contributed by atoms with van der Waals surface area (Å²) in [6.45, 7) is 8.99. The van der Waals surface area contributed by atoms with Gasteiger partial charge in [0.1, 0.15) is 0 Å². The summed E-state index contributed by atoms with van der Waals surface area (Å²) in [7, 11) is 0. The molecule has 2 atom stereocenters. The second-order valence-corrected chi connectivity index (χ2v) is 9.14. The number of nitrogens with one attached hydrogen (secondary N) is 1. The van der Waals surface area contributed by atoms with Gasteiger partial charge in [-0.1, -0.05) is 12.1 Å². The minimum atomic E-state index is -0.233. The van der Waals surface area contributed by atoms with Crippen LogP contribution in [0.5, 0.6) is 0 Å². The summed E-state index contributed by atoms with van der Waals surface area (Å²) < 4.78 is 1.22. The van der Waals surface area contributed by atoms with E-state index in [9.17, 15) is 9.59 Å². The van der Waals surface area contributed by atoms with Gasteiger partial charge in [0, 0.05) is 23.7 Å². The van der Waals surface area contributed by atoms with Crippen LogP contribution < -0.4 is 0 Å². The van der Waals surface area contributed by atoms with Crippen LogP contribution in [0.1, 0.15) is 69.7 Å². The van der Waals surface area contributed by atoms with Crippen molar-refractivity contribution in [2.24, 2.45) is 0 Å². The maximum Gasteiger partial charge on any atom is 0.196 e. The Morgan fingerprint density at radius 1 is 1.28 bits per heavy atom. The van der Waals surface area contributed by atoms with Gasteiger partial charge < -0.3 is 4.98 Å². The van der Waals surface area contributed by atoms with E-state index in [1.165, 1.54) is 9.71 Å². The highest BCUT2D eigenvalue weighted by Gasteiger charge is 2.32. The number of H-pyrrole nitrogens is 1. The summed E-state index contributed by atoms with van der Waals surface area (Å²) in [5.74, 6) is 0.413. The second-order valence-electron chi connectivity index (χ2n) is 8.08. The number of carbonyl (C=O) groups is 2. The molecule has 0 aliphatic carbocycles. The largest absolute Gasteiger partial charge is 0.355 e. The molecule has 4 rings (SSSR count). The molecule has 6 heteroatoms. The van der Waals surface area contributed by atoms with Crippen molar-refractivity contribution in [1.29, 1.82) is 0 Å². The van der Waals surface area contributed by atoms with E-state index in [1.54, 1.807) is 18.3 Å². The molecular formula is C23H27N3O2S. The molecule has 1 aromatic carbocycles. The second kappa shape index (κ2) is 7.84. The van der Waals surface area contributed by atoms with Crippen LogP contribution in [0.2, 0.25) is 0 Å². The zero-order chi connectivity index (χ0) is 20.7. The molecular weight excluding hydrogens is 382 g/mol. The first kappa shape index (κ1) is 20.0. The molecule has 1 fully saturated rings. The van der Waals surface area contributed by atoms with E-state index in [0.29, 0.717) is 17.2 Å². The predicted octanol–water partition coefficient (Wildman–Crippen LogP) is 4.89. The van der Waals surface area contributed by atoms with Crippen molar-refractivity contribution >= 4 is 33.1 Å². The Labute approximate surface area is 175 Å². The van der Waals surface area contributed by atoms with Gasteiger partial charge in [-0.2, -0.15) is 0 Å². The number of aromatic nitrogens is 2. The Bertz CT molecular complexity index is 1050. The number of aryl methyl sites for hydroxylation is 1. The molecule has 2 aromatic heterocycles.